The van der Waals surface area contributed by atoms with E-state index in [9.17, 15) is 18.4 Å². The number of halogens is 3. The van der Waals surface area contributed by atoms with Gasteiger partial charge in [0.2, 0.25) is 5.91 Å². The van der Waals surface area contributed by atoms with Crippen molar-refractivity contribution in [3.8, 4) is 0 Å². The molecule has 0 saturated carbocycles. The number of carbonyl (C=O) groups is 2. The Morgan fingerprint density at radius 1 is 1.22 bits per heavy atom. The summed E-state index contributed by atoms with van der Waals surface area (Å²) in [5, 5.41) is 5.04. The second-order valence-electron chi connectivity index (χ2n) is 4.75. The molecule has 2 N–H and O–H groups in total. The third-order valence-electron chi connectivity index (χ3n) is 3.12. The zero-order valence-electron chi connectivity index (χ0n) is 11.5. The number of hydrogen-bond donors (Lipinski definition) is 2. The minimum Gasteiger partial charge on any atom is -0.324 e. The van der Waals surface area contributed by atoms with Gasteiger partial charge in [-0.3, -0.25) is 9.59 Å². The fourth-order valence-corrected chi connectivity index (χ4v) is 3.08. The maximum absolute atomic E-state index is 13.3. The van der Waals surface area contributed by atoms with Crippen LogP contribution in [0.2, 0.25) is 5.02 Å². The van der Waals surface area contributed by atoms with Crippen LogP contribution in [0.3, 0.4) is 0 Å². The molecule has 2 aromatic carbocycles. The summed E-state index contributed by atoms with van der Waals surface area (Å²) >= 11 is 7.16. The first-order valence-corrected chi connectivity index (χ1v) is 7.83. The maximum Gasteiger partial charge on any atom is 0.257 e. The van der Waals surface area contributed by atoms with Crippen LogP contribution in [0.5, 0.6) is 0 Å². The molecule has 3 rings (SSSR count). The van der Waals surface area contributed by atoms with Crippen LogP contribution in [0.25, 0.3) is 0 Å². The molecule has 0 radical (unpaired) electrons. The van der Waals surface area contributed by atoms with Crippen molar-refractivity contribution >= 4 is 46.6 Å². The lowest BCUT2D eigenvalue weighted by molar-refractivity contribution is -0.113. The molecular weight excluding hydrogens is 346 g/mol. The summed E-state index contributed by atoms with van der Waals surface area (Å²) in [4.78, 5) is 24.4. The average molecular weight is 355 g/mol. The number of fused-ring (bicyclic) bond motifs is 1. The van der Waals surface area contributed by atoms with E-state index in [4.69, 9.17) is 11.6 Å². The van der Waals surface area contributed by atoms with E-state index in [1.807, 2.05) is 0 Å². The number of amides is 2. The van der Waals surface area contributed by atoms with Gasteiger partial charge in [-0.25, -0.2) is 8.78 Å². The van der Waals surface area contributed by atoms with E-state index >= 15 is 0 Å². The van der Waals surface area contributed by atoms with Gasteiger partial charge in [-0.15, -0.1) is 11.8 Å². The van der Waals surface area contributed by atoms with Gasteiger partial charge in [-0.05, 0) is 30.3 Å². The van der Waals surface area contributed by atoms with Crippen LogP contribution < -0.4 is 10.6 Å². The second-order valence-corrected chi connectivity index (χ2v) is 6.17. The molecule has 2 aromatic rings. The third kappa shape index (κ3) is 3.30. The number of rotatable bonds is 2. The van der Waals surface area contributed by atoms with E-state index < -0.39 is 17.5 Å². The number of anilines is 2. The lowest BCUT2D eigenvalue weighted by atomic mass is 10.2. The van der Waals surface area contributed by atoms with E-state index in [-0.39, 0.29) is 16.5 Å². The van der Waals surface area contributed by atoms with Crippen molar-refractivity contribution in [2.75, 3.05) is 16.4 Å². The Balaban J connectivity index is 1.85. The fourth-order valence-electron chi connectivity index (χ4n) is 2.06. The van der Waals surface area contributed by atoms with Gasteiger partial charge in [0.15, 0.2) is 11.6 Å². The summed E-state index contributed by atoms with van der Waals surface area (Å²) in [5.41, 5.74) is 0.805. The molecule has 0 aromatic heterocycles. The van der Waals surface area contributed by atoms with Crippen molar-refractivity contribution < 1.29 is 18.4 Å². The number of hydrogen-bond acceptors (Lipinski definition) is 3. The first-order chi connectivity index (χ1) is 10.9. The van der Waals surface area contributed by atoms with E-state index in [0.29, 0.717) is 17.1 Å². The summed E-state index contributed by atoms with van der Waals surface area (Å²) in [7, 11) is 0. The van der Waals surface area contributed by atoms with Crippen LogP contribution in [0, 0.1) is 11.6 Å². The van der Waals surface area contributed by atoms with Crippen LogP contribution in [0.15, 0.2) is 35.2 Å². The highest BCUT2D eigenvalue weighted by Gasteiger charge is 2.18. The van der Waals surface area contributed by atoms with Crippen molar-refractivity contribution in [1.29, 1.82) is 0 Å². The van der Waals surface area contributed by atoms with Gasteiger partial charge < -0.3 is 10.6 Å². The molecule has 0 atom stereocenters. The predicted molar refractivity (Wildman–Crippen MR) is 85.1 cm³/mol. The molecule has 0 unspecified atom stereocenters. The highest BCUT2D eigenvalue weighted by molar-refractivity contribution is 8.00. The summed E-state index contributed by atoms with van der Waals surface area (Å²) in [6.07, 6.45) is 0. The zero-order chi connectivity index (χ0) is 16.6. The Labute approximate surface area is 139 Å². The van der Waals surface area contributed by atoms with Crippen LogP contribution in [-0.2, 0) is 4.79 Å². The van der Waals surface area contributed by atoms with Gasteiger partial charge in [0, 0.05) is 10.6 Å². The summed E-state index contributed by atoms with van der Waals surface area (Å²) in [5.74, 6) is -2.75. The van der Waals surface area contributed by atoms with Gasteiger partial charge in [0.05, 0.1) is 22.0 Å². The average Bonchev–Trinajstić information content (AvgIpc) is 2.50. The summed E-state index contributed by atoms with van der Waals surface area (Å²) in [6, 6.07) is 6.47. The fraction of sp³-hybridized carbons (Fsp3) is 0.0667. The Hall–Kier alpha value is -2.12. The molecule has 0 aliphatic carbocycles. The number of benzene rings is 2. The Bertz CT molecular complexity index is 829. The number of carbonyl (C=O) groups excluding carboxylic acids is 2. The molecule has 23 heavy (non-hydrogen) atoms. The minimum atomic E-state index is -1.16. The predicted octanol–water partition coefficient (Wildman–Crippen LogP) is 3.91. The van der Waals surface area contributed by atoms with E-state index in [0.717, 1.165) is 17.0 Å². The van der Waals surface area contributed by atoms with Crippen molar-refractivity contribution in [1.82, 2.24) is 0 Å². The largest absolute Gasteiger partial charge is 0.324 e. The quantitative estimate of drug-likeness (QED) is 0.804. The Kier molecular flexibility index (Phi) is 4.23. The molecule has 0 spiro atoms. The Morgan fingerprint density at radius 3 is 2.74 bits per heavy atom. The highest BCUT2D eigenvalue weighted by Crippen LogP contribution is 2.33. The summed E-state index contributed by atoms with van der Waals surface area (Å²) in [6.45, 7) is 0. The first kappa shape index (κ1) is 15.8. The lowest BCUT2D eigenvalue weighted by Gasteiger charge is -2.17. The highest BCUT2D eigenvalue weighted by atomic mass is 35.5. The summed E-state index contributed by atoms with van der Waals surface area (Å²) < 4.78 is 26.3. The normalized spacial score (nSPS) is 13.3. The second kappa shape index (κ2) is 6.17. The maximum atomic E-state index is 13.3. The molecule has 1 aliphatic heterocycles. The van der Waals surface area contributed by atoms with Gasteiger partial charge in [0.25, 0.3) is 5.91 Å². The van der Waals surface area contributed by atoms with Gasteiger partial charge in [-0.1, -0.05) is 11.6 Å². The SMILES string of the molecule is O=C1CSc2ccc(NC(=O)c3cc(F)c(F)cc3Cl)cc2N1. The van der Waals surface area contributed by atoms with Gasteiger partial charge >= 0.3 is 0 Å². The molecule has 0 fully saturated rings. The van der Waals surface area contributed by atoms with E-state index in [2.05, 4.69) is 10.6 Å². The molecule has 118 valence electrons. The standard InChI is InChI=1S/C15H9ClF2N2O2S/c16-9-5-11(18)10(17)4-8(9)15(22)19-7-1-2-13-12(3-7)20-14(21)6-23-13/h1-5H,6H2,(H,19,22)(H,20,21). The van der Waals surface area contributed by atoms with E-state index in [1.165, 1.54) is 11.8 Å². The van der Waals surface area contributed by atoms with Gasteiger partial charge in [-0.2, -0.15) is 0 Å². The van der Waals surface area contributed by atoms with E-state index in [1.54, 1.807) is 18.2 Å². The number of thioether (sulfide) groups is 1. The number of nitrogens with one attached hydrogen (secondary N) is 2. The lowest BCUT2D eigenvalue weighted by Crippen LogP contribution is -2.19. The van der Waals surface area contributed by atoms with Crippen molar-refractivity contribution in [2.45, 2.75) is 4.90 Å². The van der Waals surface area contributed by atoms with Crippen molar-refractivity contribution in [3.63, 3.8) is 0 Å². The van der Waals surface area contributed by atoms with Crippen LogP contribution in [0.4, 0.5) is 20.2 Å². The molecule has 8 heteroatoms. The molecule has 4 nitrogen and oxygen atoms in total. The van der Waals surface area contributed by atoms with Crippen LogP contribution in [-0.4, -0.2) is 17.6 Å². The zero-order valence-corrected chi connectivity index (χ0v) is 13.0. The van der Waals surface area contributed by atoms with Crippen LogP contribution in [0.1, 0.15) is 10.4 Å². The smallest absolute Gasteiger partial charge is 0.257 e. The topological polar surface area (TPSA) is 58.2 Å². The molecular formula is C15H9ClF2N2O2S. The van der Waals surface area contributed by atoms with Gasteiger partial charge in [0.1, 0.15) is 0 Å². The first-order valence-electron chi connectivity index (χ1n) is 6.46. The monoisotopic (exact) mass is 354 g/mol. The molecule has 1 heterocycles. The molecule has 0 saturated heterocycles. The molecule has 1 aliphatic rings. The minimum absolute atomic E-state index is 0.130. The van der Waals surface area contributed by atoms with Crippen molar-refractivity contribution in [3.05, 3.63) is 52.6 Å². The van der Waals surface area contributed by atoms with Crippen LogP contribution >= 0.6 is 23.4 Å². The molecule has 2 amide bonds. The third-order valence-corrected chi connectivity index (χ3v) is 4.51. The van der Waals surface area contributed by atoms with Crippen molar-refractivity contribution in [2.24, 2.45) is 0 Å². The Morgan fingerprint density at radius 2 is 1.96 bits per heavy atom. The molecule has 0 bridgehead atoms.